The van der Waals surface area contributed by atoms with Crippen molar-refractivity contribution in [3.05, 3.63) is 106 Å². The lowest BCUT2D eigenvalue weighted by atomic mass is 9.83. The fraction of sp³-hybridized carbons (Fsp3) is 0.200. The van der Waals surface area contributed by atoms with Gasteiger partial charge in [0.2, 0.25) is 0 Å². The Balaban J connectivity index is 1.57. The number of phenolic OH excluding ortho intramolecular Hbond substituents is 1. The Kier molecular flexibility index (Phi) is 8.44. The number of benzene rings is 3. The molecule has 0 aliphatic carbocycles. The summed E-state index contributed by atoms with van der Waals surface area (Å²) in [6.07, 6.45) is 11.2. The first kappa shape index (κ1) is 29.4. The molecule has 3 aromatic carbocycles. The molecule has 0 aromatic heterocycles. The van der Waals surface area contributed by atoms with Crippen molar-refractivity contribution in [1.82, 2.24) is 0 Å². The van der Waals surface area contributed by atoms with Crippen molar-refractivity contribution in [1.29, 1.82) is 0 Å². The van der Waals surface area contributed by atoms with Crippen molar-refractivity contribution in [2.24, 2.45) is 0 Å². The number of nitrogens with one attached hydrogen (secondary N) is 1. The van der Waals surface area contributed by atoms with Crippen LogP contribution in [-0.2, 0) is 0 Å². The molecule has 0 amide bonds. The summed E-state index contributed by atoms with van der Waals surface area (Å²) < 4.78 is 18.1. The highest BCUT2D eigenvalue weighted by atomic mass is 35.5. The van der Waals surface area contributed by atoms with Gasteiger partial charge in [0.15, 0.2) is 11.5 Å². The maximum absolute atomic E-state index is 10.6. The van der Waals surface area contributed by atoms with Crippen molar-refractivity contribution in [3.63, 3.8) is 0 Å². The minimum absolute atomic E-state index is 0.0566. The highest BCUT2D eigenvalue weighted by Gasteiger charge is 2.33. The number of anilines is 1. The van der Waals surface area contributed by atoms with Crippen molar-refractivity contribution < 1.29 is 19.3 Å². The number of phenols is 1. The van der Waals surface area contributed by atoms with E-state index in [1.807, 2.05) is 43.3 Å². The van der Waals surface area contributed by atoms with Gasteiger partial charge < -0.3 is 24.6 Å². The van der Waals surface area contributed by atoms with Crippen LogP contribution in [0.3, 0.4) is 0 Å². The quantitative estimate of drug-likeness (QED) is 0.160. The first-order chi connectivity index (χ1) is 20.2. The topological polar surface area (TPSA) is 60.0 Å². The van der Waals surface area contributed by atoms with Gasteiger partial charge in [-0.2, -0.15) is 0 Å². The third kappa shape index (κ3) is 5.80. The fourth-order valence-electron chi connectivity index (χ4n) is 5.41. The van der Waals surface area contributed by atoms with Crippen molar-refractivity contribution in [3.8, 4) is 34.1 Å². The Morgan fingerprint density at radius 1 is 1.10 bits per heavy atom. The van der Waals surface area contributed by atoms with E-state index in [2.05, 4.69) is 44.3 Å². The first-order valence-electron chi connectivity index (χ1n) is 13.6. The van der Waals surface area contributed by atoms with Gasteiger partial charge in [-0.05, 0) is 93.0 Å². The van der Waals surface area contributed by atoms with Gasteiger partial charge in [0.05, 0.1) is 24.5 Å². The SMILES string of the molecule is C\C=C(CCl)/C(Cl)=C\C=C\Oc1cccc(/C=C2\Oc3ccc(O)c(OC)c3-c3ccc4c(c32)C(C)=CC(C)(C)N4)c1. The standard InChI is InChI=1S/C35H33Cl2NO4/c1-6-23(20-36)26(37)11-8-16-41-24-10-7-9-22(17-24)18-30-32-25(33-29(42-30)15-14-28(39)34(33)40-5)12-13-27-31(32)21(2)19-35(3,4)38-27/h6-19,38-39H,20H2,1-5H3/b16-8+,23-6-,26-11+,30-18-. The second kappa shape index (κ2) is 12.0. The maximum atomic E-state index is 10.6. The Labute approximate surface area is 257 Å². The van der Waals surface area contributed by atoms with E-state index in [9.17, 15) is 5.11 Å². The number of fused-ring (bicyclic) bond motifs is 5. The van der Waals surface area contributed by atoms with Gasteiger partial charge in [0, 0.05) is 33.3 Å². The summed E-state index contributed by atoms with van der Waals surface area (Å²) in [4.78, 5) is 0. The minimum atomic E-state index is -0.199. The molecule has 2 aliphatic heterocycles. The van der Waals surface area contributed by atoms with Crippen LogP contribution in [0.4, 0.5) is 5.69 Å². The van der Waals surface area contributed by atoms with Crippen molar-refractivity contribution >= 4 is 46.3 Å². The predicted molar refractivity (Wildman–Crippen MR) is 175 cm³/mol. The molecule has 2 N–H and O–H groups in total. The number of methoxy groups -OCH3 is 1. The van der Waals surface area contributed by atoms with Crippen LogP contribution in [0.5, 0.6) is 23.0 Å². The molecule has 5 rings (SSSR count). The normalized spacial score (nSPS) is 16.6. The third-order valence-corrected chi connectivity index (χ3v) is 7.81. The van der Waals surface area contributed by atoms with Crippen molar-refractivity contribution in [2.45, 2.75) is 33.2 Å². The second-order valence-electron chi connectivity index (χ2n) is 10.7. The molecule has 0 saturated carbocycles. The van der Waals surface area contributed by atoms with Crippen LogP contribution < -0.4 is 19.5 Å². The first-order valence-corrected chi connectivity index (χ1v) is 14.5. The predicted octanol–water partition coefficient (Wildman–Crippen LogP) is 9.77. The maximum Gasteiger partial charge on any atom is 0.172 e. The molecule has 0 saturated heterocycles. The molecule has 2 aliphatic rings. The molecular formula is C35H33Cl2NO4. The van der Waals surface area contributed by atoms with E-state index in [1.54, 1.807) is 37.7 Å². The van der Waals surface area contributed by atoms with Gasteiger partial charge in [-0.15, -0.1) is 11.6 Å². The number of rotatable bonds is 7. The summed E-state index contributed by atoms with van der Waals surface area (Å²) in [5.41, 5.74) is 7.29. The Hall–Kier alpha value is -4.06. The van der Waals surface area contributed by atoms with E-state index < -0.39 is 0 Å². The largest absolute Gasteiger partial charge is 0.504 e. The second-order valence-corrected chi connectivity index (χ2v) is 11.3. The lowest BCUT2D eigenvalue weighted by molar-refractivity contribution is 0.371. The van der Waals surface area contributed by atoms with Crippen LogP contribution in [-0.4, -0.2) is 23.6 Å². The molecule has 0 bridgehead atoms. The summed E-state index contributed by atoms with van der Waals surface area (Å²) in [7, 11) is 1.55. The number of alkyl halides is 1. The zero-order chi connectivity index (χ0) is 30.0. The van der Waals surface area contributed by atoms with E-state index in [0.29, 0.717) is 39.5 Å². The van der Waals surface area contributed by atoms with Crippen LogP contribution in [0.15, 0.2) is 89.7 Å². The van der Waals surface area contributed by atoms with Crippen LogP contribution in [0.2, 0.25) is 0 Å². The zero-order valence-corrected chi connectivity index (χ0v) is 25.7. The Morgan fingerprint density at radius 3 is 2.64 bits per heavy atom. The van der Waals surface area contributed by atoms with Gasteiger partial charge in [-0.3, -0.25) is 0 Å². The Morgan fingerprint density at radius 2 is 1.90 bits per heavy atom. The smallest absolute Gasteiger partial charge is 0.172 e. The van der Waals surface area contributed by atoms with Gasteiger partial charge in [0.25, 0.3) is 0 Å². The summed E-state index contributed by atoms with van der Waals surface area (Å²) in [5.74, 6) is 2.71. The van der Waals surface area contributed by atoms with E-state index in [-0.39, 0.29) is 11.3 Å². The minimum Gasteiger partial charge on any atom is -0.504 e. The number of halogens is 2. The number of hydrogen-bond acceptors (Lipinski definition) is 5. The lowest BCUT2D eigenvalue weighted by Gasteiger charge is -2.35. The van der Waals surface area contributed by atoms with Gasteiger partial charge in [-0.25, -0.2) is 0 Å². The van der Waals surface area contributed by atoms with E-state index in [4.69, 9.17) is 37.4 Å². The molecule has 0 spiro atoms. The molecule has 2 heterocycles. The monoisotopic (exact) mass is 601 g/mol. The molecule has 0 radical (unpaired) electrons. The highest BCUT2D eigenvalue weighted by Crippen LogP contribution is 2.54. The number of hydrogen-bond donors (Lipinski definition) is 2. The molecule has 0 atom stereocenters. The average Bonchev–Trinajstić information content (AvgIpc) is 2.95. The van der Waals surface area contributed by atoms with Gasteiger partial charge >= 0.3 is 0 Å². The van der Waals surface area contributed by atoms with Crippen LogP contribution in [0.1, 0.15) is 44.4 Å². The van der Waals surface area contributed by atoms with E-state index in [0.717, 1.165) is 39.1 Å². The molecule has 0 unspecified atom stereocenters. The molecule has 3 aromatic rings. The lowest BCUT2D eigenvalue weighted by Crippen LogP contribution is -2.32. The molecule has 42 heavy (non-hydrogen) atoms. The summed E-state index contributed by atoms with van der Waals surface area (Å²) in [6, 6.07) is 15.2. The summed E-state index contributed by atoms with van der Waals surface area (Å²) in [6.45, 7) is 8.29. The molecule has 0 fully saturated rings. The average molecular weight is 603 g/mol. The molecule has 7 heteroatoms. The van der Waals surface area contributed by atoms with Gasteiger partial charge in [0.1, 0.15) is 17.3 Å². The van der Waals surface area contributed by atoms with Crippen LogP contribution in [0.25, 0.3) is 28.5 Å². The van der Waals surface area contributed by atoms with Gasteiger partial charge in [-0.1, -0.05) is 42.0 Å². The van der Waals surface area contributed by atoms with E-state index >= 15 is 0 Å². The molecule has 5 nitrogen and oxygen atoms in total. The Bertz CT molecular complexity index is 1700. The van der Waals surface area contributed by atoms with E-state index in [1.165, 1.54) is 0 Å². The molecular weight excluding hydrogens is 569 g/mol. The fourth-order valence-corrected chi connectivity index (χ4v) is 6.02. The van der Waals surface area contributed by atoms with Crippen LogP contribution >= 0.6 is 23.2 Å². The summed E-state index contributed by atoms with van der Waals surface area (Å²) in [5, 5.41) is 14.8. The number of ether oxygens (including phenoxy) is 3. The highest BCUT2D eigenvalue weighted by molar-refractivity contribution is 6.33. The number of aromatic hydroxyl groups is 1. The number of allylic oxidation sites excluding steroid dienone is 6. The zero-order valence-electron chi connectivity index (χ0n) is 24.2. The van der Waals surface area contributed by atoms with Crippen LogP contribution in [0, 0.1) is 0 Å². The van der Waals surface area contributed by atoms with Crippen molar-refractivity contribution in [2.75, 3.05) is 18.3 Å². The molecule has 216 valence electrons. The third-order valence-electron chi connectivity index (χ3n) is 7.15. The summed E-state index contributed by atoms with van der Waals surface area (Å²) >= 11 is 12.2.